The summed E-state index contributed by atoms with van der Waals surface area (Å²) < 4.78 is 27.1. The van der Waals surface area contributed by atoms with Gasteiger partial charge in [-0.1, -0.05) is 24.9 Å². The Labute approximate surface area is 165 Å². The largest absolute Gasteiger partial charge is 0.355 e. The fourth-order valence-corrected chi connectivity index (χ4v) is 4.64. The van der Waals surface area contributed by atoms with Crippen molar-refractivity contribution in [2.24, 2.45) is 0 Å². The van der Waals surface area contributed by atoms with Crippen LogP contribution in [0.15, 0.2) is 23.1 Å². The number of nitrogens with one attached hydrogen (secondary N) is 1. The SMILES string of the molecule is CCCNC(=O)CN(C)C(=O)c1cc(S(=O)(=O)N2CCCCC2)ccc1Cl. The zero-order valence-corrected chi connectivity index (χ0v) is 17.3. The van der Waals surface area contributed by atoms with Gasteiger partial charge in [-0.15, -0.1) is 0 Å². The summed E-state index contributed by atoms with van der Waals surface area (Å²) in [4.78, 5) is 25.8. The van der Waals surface area contributed by atoms with Crippen LogP contribution in [0, 0.1) is 0 Å². The Morgan fingerprint density at radius 2 is 1.89 bits per heavy atom. The van der Waals surface area contributed by atoms with Crippen LogP contribution in [-0.4, -0.2) is 62.7 Å². The van der Waals surface area contributed by atoms with Gasteiger partial charge >= 0.3 is 0 Å². The number of carbonyl (C=O) groups is 2. The van der Waals surface area contributed by atoms with Gasteiger partial charge in [-0.2, -0.15) is 4.31 Å². The van der Waals surface area contributed by atoms with Gasteiger partial charge in [0.25, 0.3) is 5.91 Å². The Bertz CT molecular complexity index is 792. The first-order chi connectivity index (χ1) is 12.8. The van der Waals surface area contributed by atoms with Crippen molar-refractivity contribution in [1.82, 2.24) is 14.5 Å². The Morgan fingerprint density at radius 1 is 1.22 bits per heavy atom. The Balaban J connectivity index is 2.21. The van der Waals surface area contributed by atoms with E-state index in [1.807, 2.05) is 6.92 Å². The second kappa shape index (κ2) is 9.52. The normalized spacial score (nSPS) is 15.4. The standard InChI is InChI=1S/C18H26ClN3O4S/c1-3-9-20-17(23)13-21(2)18(24)15-12-14(7-8-16(15)19)27(25,26)22-10-5-4-6-11-22/h7-8,12H,3-6,9-11,13H2,1-2H3,(H,20,23). The maximum atomic E-state index is 12.8. The van der Waals surface area contributed by atoms with Gasteiger partial charge in [0.15, 0.2) is 0 Å². The molecular formula is C18H26ClN3O4S. The maximum Gasteiger partial charge on any atom is 0.255 e. The molecule has 2 rings (SSSR count). The first-order valence-electron chi connectivity index (χ1n) is 9.09. The zero-order valence-electron chi connectivity index (χ0n) is 15.7. The topological polar surface area (TPSA) is 86.8 Å². The van der Waals surface area contributed by atoms with Crippen LogP contribution in [0.4, 0.5) is 0 Å². The highest BCUT2D eigenvalue weighted by Gasteiger charge is 2.28. The number of likely N-dealkylation sites (N-methyl/N-ethyl adjacent to an activating group) is 1. The summed E-state index contributed by atoms with van der Waals surface area (Å²) in [5.74, 6) is -0.775. The number of nitrogens with zero attached hydrogens (tertiary/aromatic N) is 2. The van der Waals surface area contributed by atoms with E-state index >= 15 is 0 Å². The lowest BCUT2D eigenvalue weighted by Gasteiger charge is -2.26. The molecule has 9 heteroatoms. The molecule has 0 radical (unpaired) electrons. The molecule has 0 unspecified atom stereocenters. The average Bonchev–Trinajstić information content (AvgIpc) is 2.66. The number of rotatable bonds is 7. The van der Waals surface area contributed by atoms with Crippen LogP contribution in [0.25, 0.3) is 0 Å². The van der Waals surface area contributed by atoms with E-state index in [0.717, 1.165) is 25.7 Å². The third-order valence-electron chi connectivity index (χ3n) is 4.42. The number of amides is 2. The van der Waals surface area contributed by atoms with Crippen molar-refractivity contribution in [2.45, 2.75) is 37.5 Å². The molecule has 1 aromatic rings. The molecule has 7 nitrogen and oxygen atoms in total. The summed E-state index contributed by atoms with van der Waals surface area (Å²) >= 11 is 6.13. The second-order valence-corrected chi connectivity index (χ2v) is 8.96. The zero-order chi connectivity index (χ0) is 20.0. The van der Waals surface area contributed by atoms with Gasteiger partial charge in [-0.3, -0.25) is 9.59 Å². The number of hydrogen-bond donors (Lipinski definition) is 1. The monoisotopic (exact) mass is 415 g/mol. The minimum absolute atomic E-state index is 0.0426. The van der Waals surface area contributed by atoms with Crippen molar-refractivity contribution in [3.8, 4) is 0 Å². The van der Waals surface area contributed by atoms with Gasteiger partial charge in [-0.25, -0.2) is 8.42 Å². The number of halogens is 1. The number of sulfonamides is 1. The molecule has 1 fully saturated rings. The van der Waals surface area contributed by atoms with Crippen LogP contribution in [-0.2, 0) is 14.8 Å². The van der Waals surface area contributed by atoms with Crippen molar-refractivity contribution >= 4 is 33.4 Å². The molecule has 150 valence electrons. The van der Waals surface area contributed by atoms with Crippen LogP contribution in [0.3, 0.4) is 0 Å². The number of piperidine rings is 1. The molecule has 0 bridgehead atoms. The Morgan fingerprint density at radius 3 is 2.52 bits per heavy atom. The highest BCUT2D eigenvalue weighted by molar-refractivity contribution is 7.89. The van der Waals surface area contributed by atoms with Crippen LogP contribution in [0.1, 0.15) is 43.0 Å². The summed E-state index contributed by atoms with van der Waals surface area (Å²) in [6, 6.07) is 4.13. The van der Waals surface area contributed by atoms with E-state index in [1.54, 1.807) is 0 Å². The average molecular weight is 416 g/mol. The van der Waals surface area contributed by atoms with E-state index in [1.165, 1.54) is 34.5 Å². The molecule has 2 amide bonds. The number of carbonyl (C=O) groups excluding carboxylic acids is 2. The predicted octanol–water partition coefficient (Wildman–Crippen LogP) is 2.11. The Kier molecular flexibility index (Phi) is 7.64. The van der Waals surface area contributed by atoms with Crippen molar-refractivity contribution in [3.63, 3.8) is 0 Å². The minimum atomic E-state index is -3.67. The predicted molar refractivity (Wildman–Crippen MR) is 104 cm³/mol. The first kappa shape index (κ1) is 21.7. The minimum Gasteiger partial charge on any atom is -0.355 e. The van der Waals surface area contributed by atoms with E-state index in [0.29, 0.717) is 19.6 Å². The molecule has 0 aromatic heterocycles. The van der Waals surface area contributed by atoms with E-state index in [4.69, 9.17) is 11.6 Å². The molecule has 27 heavy (non-hydrogen) atoms. The van der Waals surface area contributed by atoms with Crippen molar-refractivity contribution in [2.75, 3.05) is 33.2 Å². The molecule has 0 spiro atoms. The van der Waals surface area contributed by atoms with E-state index in [-0.39, 0.29) is 27.9 Å². The molecule has 0 atom stereocenters. The lowest BCUT2D eigenvalue weighted by molar-refractivity contribution is -0.121. The first-order valence-corrected chi connectivity index (χ1v) is 10.9. The maximum absolute atomic E-state index is 12.8. The fourth-order valence-electron chi connectivity index (χ4n) is 2.90. The fraction of sp³-hybridized carbons (Fsp3) is 0.556. The Hall–Kier alpha value is -1.64. The molecule has 0 saturated carbocycles. The van der Waals surface area contributed by atoms with E-state index in [9.17, 15) is 18.0 Å². The van der Waals surface area contributed by atoms with Gasteiger partial charge in [-0.05, 0) is 37.5 Å². The highest BCUT2D eigenvalue weighted by atomic mass is 35.5. The number of benzene rings is 1. The third-order valence-corrected chi connectivity index (χ3v) is 6.64. The molecule has 1 aliphatic rings. The van der Waals surface area contributed by atoms with Crippen LogP contribution < -0.4 is 5.32 Å². The second-order valence-electron chi connectivity index (χ2n) is 6.62. The van der Waals surface area contributed by atoms with Crippen LogP contribution in [0.2, 0.25) is 5.02 Å². The van der Waals surface area contributed by atoms with Gasteiger partial charge in [0, 0.05) is 26.7 Å². The van der Waals surface area contributed by atoms with Gasteiger partial charge in [0.1, 0.15) is 0 Å². The lowest BCUT2D eigenvalue weighted by atomic mass is 10.2. The summed E-state index contributed by atoms with van der Waals surface area (Å²) in [5.41, 5.74) is 0.0699. The lowest BCUT2D eigenvalue weighted by Crippen LogP contribution is -2.39. The third kappa shape index (κ3) is 5.43. The van der Waals surface area contributed by atoms with Crippen LogP contribution in [0.5, 0.6) is 0 Å². The van der Waals surface area contributed by atoms with E-state index < -0.39 is 15.9 Å². The van der Waals surface area contributed by atoms with Gasteiger partial charge in [0.05, 0.1) is 22.0 Å². The quantitative estimate of drug-likeness (QED) is 0.738. The molecular weight excluding hydrogens is 390 g/mol. The van der Waals surface area contributed by atoms with Gasteiger partial charge in [0.2, 0.25) is 15.9 Å². The highest BCUT2D eigenvalue weighted by Crippen LogP contribution is 2.25. The van der Waals surface area contributed by atoms with Crippen LogP contribution >= 0.6 is 11.6 Å². The molecule has 1 aromatic carbocycles. The van der Waals surface area contributed by atoms with Crippen molar-refractivity contribution in [1.29, 1.82) is 0 Å². The summed E-state index contributed by atoms with van der Waals surface area (Å²) in [6.45, 7) is 3.30. The summed E-state index contributed by atoms with van der Waals surface area (Å²) in [7, 11) is -2.19. The number of hydrogen-bond acceptors (Lipinski definition) is 4. The smallest absolute Gasteiger partial charge is 0.255 e. The molecule has 0 aliphatic carbocycles. The summed E-state index contributed by atoms with van der Waals surface area (Å²) in [5, 5.41) is 2.85. The van der Waals surface area contributed by atoms with Gasteiger partial charge < -0.3 is 10.2 Å². The molecule has 1 heterocycles. The molecule has 1 N–H and O–H groups in total. The van der Waals surface area contributed by atoms with E-state index in [2.05, 4.69) is 5.32 Å². The van der Waals surface area contributed by atoms with Crippen molar-refractivity contribution < 1.29 is 18.0 Å². The molecule has 1 saturated heterocycles. The summed E-state index contributed by atoms with van der Waals surface area (Å²) in [6.07, 6.45) is 3.47. The van der Waals surface area contributed by atoms with Crippen molar-refractivity contribution in [3.05, 3.63) is 28.8 Å². The molecule has 1 aliphatic heterocycles.